The Morgan fingerprint density at radius 1 is 0.676 bits per heavy atom. The summed E-state index contributed by atoms with van der Waals surface area (Å²) in [5.74, 6) is -1.84. The Hall–Kier alpha value is -4.51. The lowest BCUT2D eigenvalue weighted by Crippen LogP contribution is -2.41. The molecule has 0 saturated carbocycles. The van der Waals surface area contributed by atoms with Crippen molar-refractivity contribution in [1.29, 1.82) is 0 Å². The smallest absolute Gasteiger partial charge is 0.343 e. The molecule has 2 atom stereocenters. The van der Waals surface area contributed by atoms with Crippen molar-refractivity contribution in [3.05, 3.63) is 130 Å². The number of imide groups is 1. The van der Waals surface area contributed by atoms with Crippen LogP contribution in [-0.4, -0.2) is 17.8 Å². The van der Waals surface area contributed by atoms with Crippen molar-refractivity contribution in [3.8, 4) is 5.75 Å². The van der Waals surface area contributed by atoms with Gasteiger partial charge in [-0.25, -0.2) is 9.69 Å². The van der Waals surface area contributed by atoms with E-state index in [4.69, 9.17) is 4.74 Å². The van der Waals surface area contributed by atoms with Gasteiger partial charge >= 0.3 is 5.97 Å². The second kappa shape index (κ2) is 8.00. The SMILES string of the molecule is Cc1ccc(C(=O)Oc2cccc(N3C(=O)[C@@H]4C5c6ccccc6C(c6ccccc65)[C@@H]4C3=O)c2)cc1. The molecular formula is C32H23NO4. The van der Waals surface area contributed by atoms with Gasteiger partial charge in [0.05, 0.1) is 23.1 Å². The molecule has 4 aliphatic rings. The Bertz CT molecular complexity index is 1490. The lowest BCUT2D eigenvalue weighted by molar-refractivity contribution is -0.122. The fraction of sp³-hybridized carbons (Fsp3) is 0.156. The Morgan fingerprint density at radius 2 is 1.19 bits per heavy atom. The van der Waals surface area contributed by atoms with Gasteiger partial charge in [-0.1, -0.05) is 72.3 Å². The fourth-order valence-electron chi connectivity index (χ4n) is 6.47. The van der Waals surface area contributed by atoms with E-state index in [0.29, 0.717) is 11.3 Å². The van der Waals surface area contributed by atoms with E-state index in [2.05, 4.69) is 24.3 Å². The average Bonchev–Trinajstić information content (AvgIpc) is 3.19. The van der Waals surface area contributed by atoms with Gasteiger partial charge in [-0.05, 0) is 53.4 Å². The molecule has 2 amide bonds. The fourth-order valence-corrected chi connectivity index (χ4v) is 6.47. The zero-order valence-corrected chi connectivity index (χ0v) is 20.1. The van der Waals surface area contributed by atoms with Gasteiger partial charge in [0.1, 0.15) is 5.75 Å². The molecule has 37 heavy (non-hydrogen) atoms. The lowest BCUT2D eigenvalue weighted by Gasteiger charge is -2.45. The minimum Gasteiger partial charge on any atom is -0.423 e. The van der Waals surface area contributed by atoms with Crippen LogP contribution in [0.15, 0.2) is 97.1 Å². The number of esters is 1. The first-order valence-electron chi connectivity index (χ1n) is 12.5. The van der Waals surface area contributed by atoms with E-state index < -0.39 is 17.8 Å². The third kappa shape index (κ3) is 3.13. The van der Waals surface area contributed by atoms with Crippen LogP contribution in [0, 0.1) is 18.8 Å². The van der Waals surface area contributed by atoms with Crippen LogP contribution in [0.4, 0.5) is 5.69 Å². The molecular weight excluding hydrogens is 462 g/mol. The van der Waals surface area contributed by atoms with Crippen LogP contribution in [0.5, 0.6) is 5.75 Å². The zero-order chi connectivity index (χ0) is 25.3. The molecule has 1 heterocycles. The Labute approximate surface area is 214 Å². The van der Waals surface area contributed by atoms with Crippen LogP contribution in [0.1, 0.15) is 50.0 Å². The second-order valence-electron chi connectivity index (χ2n) is 10.0. The highest BCUT2D eigenvalue weighted by atomic mass is 16.5. The number of ether oxygens (including phenoxy) is 1. The topological polar surface area (TPSA) is 63.7 Å². The van der Waals surface area contributed by atoms with Crippen LogP contribution in [-0.2, 0) is 9.59 Å². The maximum atomic E-state index is 13.9. The number of hydrogen-bond donors (Lipinski definition) is 0. The van der Waals surface area contributed by atoms with Gasteiger partial charge in [0, 0.05) is 17.9 Å². The summed E-state index contributed by atoms with van der Waals surface area (Å²) in [5, 5.41) is 0. The molecule has 0 radical (unpaired) electrons. The highest BCUT2D eigenvalue weighted by molar-refractivity contribution is 6.23. The first-order chi connectivity index (χ1) is 18.0. The standard InChI is InChI=1S/C32H23NO4/c1-18-13-15-19(16-14-18)32(36)37-21-8-6-7-20(17-21)33-30(34)28-26-22-9-2-3-10-23(22)27(29(28)31(33)35)25-12-5-4-11-24(25)26/h2-17,26-29H,1H3/t26?,27?,28-,29+. The maximum Gasteiger partial charge on any atom is 0.343 e. The van der Waals surface area contributed by atoms with E-state index in [1.165, 1.54) is 4.90 Å². The van der Waals surface area contributed by atoms with Crippen LogP contribution in [0.25, 0.3) is 0 Å². The number of hydrogen-bond acceptors (Lipinski definition) is 4. The van der Waals surface area contributed by atoms with Crippen LogP contribution >= 0.6 is 0 Å². The summed E-state index contributed by atoms with van der Waals surface area (Å²) in [6, 6.07) is 30.2. The first-order valence-corrected chi connectivity index (χ1v) is 12.5. The van der Waals surface area contributed by atoms with E-state index in [9.17, 15) is 14.4 Å². The molecule has 180 valence electrons. The minimum atomic E-state index is -0.492. The second-order valence-corrected chi connectivity index (χ2v) is 10.0. The number of amides is 2. The van der Waals surface area contributed by atoms with Gasteiger partial charge in [0.25, 0.3) is 0 Å². The predicted molar refractivity (Wildman–Crippen MR) is 139 cm³/mol. The van der Waals surface area contributed by atoms with Crippen molar-refractivity contribution in [3.63, 3.8) is 0 Å². The first kappa shape index (κ1) is 21.7. The third-order valence-corrected chi connectivity index (χ3v) is 8.02. The number of nitrogens with zero attached hydrogens (tertiary/aromatic N) is 1. The molecule has 1 fully saturated rings. The van der Waals surface area contributed by atoms with Crippen molar-refractivity contribution < 1.29 is 19.1 Å². The predicted octanol–water partition coefficient (Wildman–Crippen LogP) is 5.61. The third-order valence-electron chi connectivity index (χ3n) is 8.02. The van der Waals surface area contributed by atoms with Crippen LogP contribution in [0.2, 0.25) is 0 Å². The zero-order valence-electron chi connectivity index (χ0n) is 20.1. The minimum absolute atomic E-state index is 0.161. The molecule has 5 heteroatoms. The van der Waals surface area contributed by atoms with E-state index in [1.54, 1.807) is 36.4 Å². The number of benzene rings is 4. The summed E-state index contributed by atoms with van der Waals surface area (Å²) in [7, 11) is 0. The molecule has 0 aromatic heterocycles. The number of aryl methyl sites for hydroxylation is 1. The molecule has 4 aromatic rings. The molecule has 2 bridgehead atoms. The molecule has 0 unspecified atom stereocenters. The molecule has 5 nitrogen and oxygen atoms in total. The van der Waals surface area contributed by atoms with Gasteiger partial charge in [-0.15, -0.1) is 0 Å². The monoisotopic (exact) mass is 485 g/mol. The largest absolute Gasteiger partial charge is 0.423 e. The highest BCUT2D eigenvalue weighted by Crippen LogP contribution is 2.61. The van der Waals surface area contributed by atoms with Gasteiger partial charge in [0.2, 0.25) is 11.8 Å². The number of anilines is 1. The van der Waals surface area contributed by atoms with Gasteiger partial charge in [-0.2, -0.15) is 0 Å². The molecule has 1 saturated heterocycles. The van der Waals surface area contributed by atoms with Gasteiger partial charge in [-0.3, -0.25) is 9.59 Å². The number of rotatable bonds is 3. The van der Waals surface area contributed by atoms with E-state index in [1.807, 2.05) is 43.3 Å². The molecule has 1 aliphatic heterocycles. The normalized spacial score (nSPS) is 22.9. The summed E-state index contributed by atoms with van der Waals surface area (Å²) in [4.78, 5) is 41.9. The van der Waals surface area contributed by atoms with Gasteiger partial charge in [0.15, 0.2) is 0 Å². The Balaban J connectivity index is 1.25. The van der Waals surface area contributed by atoms with Crippen LogP contribution in [0.3, 0.4) is 0 Å². The van der Waals surface area contributed by atoms with E-state index in [-0.39, 0.29) is 29.4 Å². The average molecular weight is 486 g/mol. The summed E-state index contributed by atoms with van der Waals surface area (Å²) in [6.45, 7) is 1.95. The molecule has 8 rings (SSSR count). The van der Waals surface area contributed by atoms with Crippen molar-refractivity contribution in [2.24, 2.45) is 11.8 Å². The summed E-state index contributed by atoms with van der Waals surface area (Å²) < 4.78 is 5.60. The molecule has 0 N–H and O–H groups in total. The summed E-state index contributed by atoms with van der Waals surface area (Å²) >= 11 is 0. The Kier molecular flexibility index (Phi) is 4.70. The lowest BCUT2D eigenvalue weighted by atomic mass is 9.55. The van der Waals surface area contributed by atoms with E-state index >= 15 is 0 Å². The van der Waals surface area contributed by atoms with Crippen molar-refractivity contribution in [1.82, 2.24) is 0 Å². The number of carbonyl (C=O) groups is 3. The quantitative estimate of drug-likeness (QED) is 0.215. The van der Waals surface area contributed by atoms with Crippen molar-refractivity contribution >= 4 is 23.5 Å². The summed E-state index contributed by atoms with van der Waals surface area (Å²) in [5.41, 5.74) is 6.44. The Morgan fingerprint density at radius 3 is 1.70 bits per heavy atom. The molecule has 4 aromatic carbocycles. The van der Waals surface area contributed by atoms with Gasteiger partial charge < -0.3 is 4.74 Å². The molecule has 0 spiro atoms. The maximum absolute atomic E-state index is 13.9. The van der Waals surface area contributed by atoms with Crippen molar-refractivity contribution in [2.45, 2.75) is 18.8 Å². The van der Waals surface area contributed by atoms with E-state index in [0.717, 1.165) is 27.8 Å². The number of carbonyl (C=O) groups excluding carboxylic acids is 3. The van der Waals surface area contributed by atoms with Crippen LogP contribution < -0.4 is 9.64 Å². The van der Waals surface area contributed by atoms with Crippen molar-refractivity contribution in [2.75, 3.05) is 4.90 Å². The summed E-state index contributed by atoms with van der Waals surface area (Å²) in [6.07, 6.45) is 0. The highest BCUT2D eigenvalue weighted by Gasteiger charge is 2.61. The molecule has 3 aliphatic carbocycles.